The summed E-state index contributed by atoms with van der Waals surface area (Å²) in [5.41, 5.74) is 0. The minimum Gasteiger partial charge on any atom is -0.275 e. The second kappa shape index (κ2) is 3.55. The smallest absolute Gasteiger partial charge is 0.275 e. The Hall–Kier alpha value is 0.367. The summed E-state index contributed by atoms with van der Waals surface area (Å²) in [5, 5.41) is 0. The Labute approximate surface area is 42.1 Å². The van der Waals surface area contributed by atoms with E-state index in [4.69, 9.17) is 11.6 Å². The van der Waals surface area contributed by atoms with E-state index in [2.05, 4.69) is 0 Å². The average molecular weight is 131 g/mol. The molecule has 0 bridgehead atoms. The molecule has 0 aromatic carbocycles. The predicted molar refractivity (Wildman–Crippen MR) is 24.9 cm³/mol. The number of alkyl halides is 1. The van der Waals surface area contributed by atoms with Gasteiger partial charge in [0.1, 0.15) is 0 Å². The molecule has 6 heavy (non-hydrogen) atoms. The molecule has 0 nitrogen and oxygen atoms in total. The van der Waals surface area contributed by atoms with Crippen LogP contribution in [0.15, 0.2) is 0 Å². The normalized spacial score (nSPS) is 10.0. The zero-order valence-electron chi connectivity index (χ0n) is 3.13. The first kappa shape index (κ1) is 6.37. The van der Waals surface area contributed by atoms with Crippen LogP contribution in [-0.2, 0) is 0 Å². The van der Waals surface area contributed by atoms with Crippen molar-refractivity contribution < 1.29 is 8.22 Å². The molecular weight excluding hydrogens is 126 g/mol. The first-order valence-electron chi connectivity index (χ1n) is 1.61. The van der Waals surface area contributed by atoms with E-state index in [0.717, 1.165) is 0 Å². The second-order valence-corrected chi connectivity index (χ2v) is 2.61. The molecule has 0 aromatic rings. The molecule has 38 valence electrons. The molecule has 0 fully saturated rings. The topological polar surface area (TPSA) is 0 Å². The van der Waals surface area contributed by atoms with Gasteiger partial charge in [-0.2, -0.15) is 0 Å². The summed E-state index contributed by atoms with van der Waals surface area (Å²) in [5.74, 6) is 0.115. The molecule has 4 heteroatoms. The Kier molecular flexibility index (Phi) is 3.77. The monoisotopic (exact) mass is 130 g/mol. The van der Waals surface area contributed by atoms with Crippen molar-refractivity contribution in [1.82, 2.24) is 0 Å². The average Bonchev–Trinajstić information content (AvgIpc) is 1.35. The zero-order chi connectivity index (χ0) is 4.99. The maximum absolute atomic E-state index is 11.1. The molecule has 0 saturated carbocycles. The molecule has 0 unspecified atom stereocenters. The lowest BCUT2D eigenvalue weighted by atomic mass is 11.0. The van der Waals surface area contributed by atoms with Crippen molar-refractivity contribution in [2.45, 2.75) is 6.04 Å². The predicted octanol–water partition coefficient (Wildman–Crippen LogP) is 1.38. The standard InChI is InChI=1S/C2H5ClF2Si/c3-1-2-6(4)5/h6H,1-2H2. The van der Waals surface area contributed by atoms with Gasteiger partial charge in [0, 0.05) is 11.9 Å². The van der Waals surface area contributed by atoms with Gasteiger partial charge in [-0.05, 0) is 0 Å². The van der Waals surface area contributed by atoms with Crippen LogP contribution in [0.3, 0.4) is 0 Å². The first-order chi connectivity index (χ1) is 2.77. The van der Waals surface area contributed by atoms with Gasteiger partial charge in [0.2, 0.25) is 0 Å². The molecule has 0 aliphatic heterocycles. The fourth-order valence-corrected chi connectivity index (χ4v) is 0.742. The third-order valence-corrected chi connectivity index (χ3v) is 1.64. The van der Waals surface area contributed by atoms with E-state index in [9.17, 15) is 8.22 Å². The summed E-state index contributed by atoms with van der Waals surface area (Å²) in [4.78, 5) is 0. The maximum atomic E-state index is 11.1. The Morgan fingerprint density at radius 2 is 2.00 bits per heavy atom. The highest BCUT2D eigenvalue weighted by molar-refractivity contribution is 6.44. The van der Waals surface area contributed by atoms with Crippen molar-refractivity contribution in [3.63, 3.8) is 0 Å². The fraction of sp³-hybridized carbons (Fsp3) is 1.00. The van der Waals surface area contributed by atoms with E-state index in [-0.39, 0.29) is 11.9 Å². The van der Waals surface area contributed by atoms with E-state index >= 15 is 0 Å². The lowest BCUT2D eigenvalue weighted by Gasteiger charge is -1.83. The second-order valence-electron chi connectivity index (χ2n) is 0.869. The van der Waals surface area contributed by atoms with E-state index in [1.807, 2.05) is 0 Å². The van der Waals surface area contributed by atoms with Crippen LogP contribution < -0.4 is 0 Å². The molecule has 0 heterocycles. The summed E-state index contributed by atoms with van der Waals surface area (Å²) < 4.78 is 22.2. The highest BCUT2D eigenvalue weighted by atomic mass is 35.5. The Bertz CT molecular complexity index is 32.7. The van der Waals surface area contributed by atoms with Crippen LogP contribution in [0.5, 0.6) is 0 Å². The van der Waals surface area contributed by atoms with Crippen molar-refractivity contribution in [3.05, 3.63) is 0 Å². The molecule has 0 saturated heterocycles. The van der Waals surface area contributed by atoms with Gasteiger partial charge in [-0.1, -0.05) is 0 Å². The largest absolute Gasteiger partial charge is 0.412 e. The van der Waals surface area contributed by atoms with Crippen molar-refractivity contribution >= 4 is 21.1 Å². The van der Waals surface area contributed by atoms with Crippen LogP contribution in [0.25, 0.3) is 0 Å². The van der Waals surface area contributed by atoms with E-state index in [0.29, 0.717) is 0 Å². The summed E-state index contributed by atoms with van der Waals surface area (Å²) in [6, 6.07) is -0.0540. The number of hydrogen-bond acceptors (Lipinski definition) is 0. The van der Waals surface area contributed by atoms with E-state index in [1.54, 1.807) is 0 Å². The van der Waals surface area contributed by atoms with Gasteiger partial charge in [-0.15, -0.1) is 11.6 Å². The fourth-order valence-electron chi connectivity index (χ4n) is 0.0825. The highest BCUT2D eigenvalue weighted by Gasteiger charge is 2.02. The molecule has 0 spiro atoms. The molecule has 0 aromatic heterocycles. The molecule has 0 N–H and O–H groups in total. The molecule has 0 aliphatic rings. The Morgan fingerprint density at radius 1 is 1.50 bits per heavy atom. The lowest BCUT2D eigenvalue weighted by Crippen LogP contribution is -1.94. The minimum absolute atomic E-state index is 0.0540. The third kappa shape index (κ3) is 4.37. The van der Waals surface area contributed by atoms with Gasteiger partial charge in [0.05, 0.1) is 0 Å². The van der Waals surface area contributed by atoms with Crippen molar-refractivity contribution in [1.29, 1.82) is 0 Å². The minimum atomic E-state index is -3.30. The molecule has 0 atom stereocenters. The quantitative estimate of drug-likeness (QED) is 0.301. The van der Waals surface area contributed by atoms with Crippen LogP contribution in [0.4, 0.5) is 8.22 Å². The van der Waals surface area contributed by atoms with Crippen LogP contribution >= 0.6 is 11.6 Å². The van der Waals surface area contributed by atoms with E-state index in [1.165, 1.54) is 0 Å². The summed E-state index contributed by atoms with van der Waals surface area (Å²) in [6.45, 7) is 0. The number of hydrogen-bond donors (Lipinski definition) is 0. The van der Waals surface area contributed by atoms with Crippen molar-refractivity contribution in [3.8, 4) is 0 Å². The SMILES string of the molecule is F[SiH](F)CCCl. The Balaban J connectivity index is 2.63. The van der Waals surface area contributed by atoms with Gasteiger partial charge in [-0.25, -0.2) is 0 Å². The molecule has 0 rings (SSSR count). The summed E-state index contributed by atoms with van der Waals surface area (Å²) >= 11 is 4.95. The van der Waals surface area contributed by atoms with Gasteiger partial charge in [0.15, 0.2) is 0 Å². The summed E-state index contributed by atoms with van der Waals surface area (Å²) in [7, 11) is -3.30. The van der Waals surface area contributed by atoms with E-state index < -0.39 is 9.46 Å². The Morgan fingerprint density at radius 3 is 2.00 bits per heavy atom. The van der Waals surface area contributed by atoms with Crippen LogP contribution in [-0.4, -0.2) is 15.3 Å². The van der Waals surface area contributed by atoms with Gasteiger partial charge < -0.3 is 0 Å². The van der Waals surface area contributed by atoms with Crippen molar-refractivity contribution in [2.24, 2.45) is 0 Å². The maximum Gasteiger partial charge on any atom is 0.412 e. The van der Waals surface area contributed by atoms with Gasteiger partial charge in [0.25, 0.3) is 0 Å². The first-order valence-corrected chi connectivity index (χ1v) is 3.84. The zero-order valence-corrected chi connectivity index (χ0v) is 5.04. The number of rotatable bonds is 2. The van der Waals surface area contributed by atoms with Crippen LogP contribution in [0.2, 0.25) is 6.04 Å². The molecule has 0 amide bonds. The number of halogens is 3. The molecular formula is C2H5ClF2Si. The molecule has 0 radical (unpaired) electrons. The highest BCUT2D eigenvalue weighted by Crippen LogP contribution is 1.95. The van der Waals surface area contributed by atoms with Gasteiger partial charge >= 0.3 is 9.46 Å². The summed E-state index contributed by atoms with van der Waals surface area (Å²) in [6.07, 6.45) is 0. The van der Waals surface area contributed by atoms with Crippen LogP contribution in [0.1, 0.15) is 0 Å². The lowest BCUT2D eigenvalue weighted by molar-refractivity contribution is 0.658. The van der Waals surface area contributed by atoms with Crippen LogP contribution in [0, 0.1) is 0 Å². The van der Waals surface area contributed by atoms with Crippen molar-refractivity contribution in [2.75, 3.05) is 5.88 Å². The third-order valence-electron chi connectivity index (χ3n) is 0.327. The molecule has 0 aliphatic carbocycles. The van der Waals surface area contributed by atoms with Gasteiger partial charge in [-0.3, -0.25) is 8.22 Å².